The molecule has 2 rings (SSSR count). The van der Waals surface area contributed by atoms with Crippen molar-refractivity contribution in [2.75, 3.05) is 7.05 Å². The highest BCUT2D eigenvalue weighted by atomic mass is 16.5. The quantitative estimate of drug-likeness (QED) is 0.876. The van der Waals surface area contributed by atoms with Crippen LogP contribution in [-0.4, -0.2) is 19.4 Å². The van der Waals surface area contributed by atoms with Gasteiger partial charge in [0.15, 0.2) is 0 Å². The van der Waals surface area contributed by atoms with Crippen molar-refractivity contribution in [3.63, 3.8) is 0 Å². The van der Waals surface area contributed by atoms with Gasteiger partial charge < -0.3 is 10.1 Å². The minimum atomic E-state index is -0.452. The Hall–Kier alpha value is -2.62. The molecule has 0 unspecified atom stereocenters. The molecule has 0 aromatic heterocycles. The van der Waals surface area contributed by atoms with Gasteiger partial charge in [-0.05, 0) is 41.3 Å². The topological polar surface area (TPSA) is 55.4 Å². The van der Waals surface area contributed by atoms with E-state index in [0.29, 0.717) is 5.56 Å². The van der Waals surface area contributed by atoms with Crippen LogP contribution < -0.4 is 5.32 Å². The van der Waals surface area contributed by atoms with E-state index in [1.807, 2.05) is 43.3 Å². The molecule has 0 spiro atoms. The fourth-order valence-electron chi connectivity index (χ4n) is 2.13. The first-order chi connectivity index (χ1) is 10.1. The zero-order valence-corrected chi connectivity index (χ0v) is 12.1. The summed E-state index contributed by atoms with van der Waals surface area (Å²) in [5.41, 5.74) is 4.69. The Labute approximate surface area is 123 Å². The molecule has 0 heterocycles. The number of hydrogen-bond acceptors (Lipinski definition) is 3. The largest absolute Gasteiger partial charge is 0.445 e. The first-order valence-corrected chi connectivity index (χ1v) is 6.63. The number of nitrogens with one attached hydrogen (secondary N) is 1. The molecular formula is C17H17NO3. The average molecular weight is 283 g/mol. The first kappa shape index (κ1) is 14.8. The molecule has 0 aliphatic heterocycles. The van der Waals surface area contributed by atoms with Crippen molar-refractivity contribution in [1.82, 2.24) is 5.32 Å². The molecule has 2 aromatic rings. The third kappa shape index (κ3) is 3.69. The number of carbonyl (C=O) groups excluding carboxylic acids is 2. The zero-order valence-electron chi connectivity index (χ0n) is 12.1. The van der Waals surface area contributed by atoms with Crippen LogP contribution in [0.4, 0.5) is 4.79 Å². The number of hydrogen-bond donors (Lipinski definition) is 1. The van der Waals surface area contributed by atoms with Crippen LogP contribution in [0.25, 0.3) is 11.1 Å². The molecule has 108 valence electrons. The van der Waals surface area contributed by atoms with Crippen molar-refractivity contribution in [3.05, 3.63) is 59.2 Å². The Morgan fingerprint density at radius 2 is 2.05 bits per heavy atom. The molecule has 0 aliphatic rings. The van der Waals surface area contributed by atoms with Gasteiger partial charge in [0.2, 0.25) is 0 Å². The fourth-order valence-corrected chi connectivity index (χ4v) is 2.13. The van der Waals surface area contributed by atoms with E-state index in [9.17, 15) is 9.59 Å². The highest BCUT2D eigenvalue weighted by Crippen LogP contribution is 2.25. The molecule has 0 radical (unpaired) electrons. The number of benzene rings is 2. The standard InChI is InChI=1S/C17H17NO3/c1-12-8-13(10-19)6-7-16(12)15-5-3-4-14(9-15)11-21-17(20)18-2/h3-10H,11H2,1-2H3,(H,18,20). The maximum Gasteiger partial charge on any atom is 0.407 e. The zero-order chi connectivity index (χ0) is 15.2. The molecule has 4 nitrogen and oxygen atoms in total. The molecule has 0 fully saturated rings. The highest BCUT2D eigenvalue weighted by molar-refractivity contribution is 5.78. The first-order valence-electron chi connectivity index (χ1n) is 6.63. The third-order valence-electron chi connectivity index (χ3n) is 3.20. The minimum Gasteiger partial charge on any atom is -0.445 e. The van der Waals surface area contributed by atoms with Crippen LogP contribution in [0.15, 0.2) is 42.5 Å². The number of amides is 1. The summed E-state index contributed by atoms with van der Waals surface area (Å²) in [7, 11) is 1.52. The van der Waals surface area contributed by atoms with E-state index in [2.05, 4.69) is 5.32 Å². The van der Waals surface area contributed by atoms with Crippen molar-refractivity contribution in [2.45, 2.75) is 13.5 Å². The van der Waals surface area contributed by atoms with Gasteiger partial charge in [-0.25, -0.2) is 4.79 Å². The van der Waals surface area contributed by atoms with E-state index in [1.54, 1.807) is 6.07 Å². The summed E-state index contributed by atoms with van der Waals surface area (Å²) in [6.07, 6.45) is 0.386. The molecule has 2 aromatic carbocycles. The normalized spacial score (nSPS) is 10.0. The second-order valence-electron chi connectivity index (χ2n) is 4.72. The van der Waals surface area contributed by atoms with Crippen LogP contribution in [0, 0.1) is 6.92 Å². The molecule has 0 bridgehead atoms. The smallest absolute Gasteiger partial charge is 0.407 e. The predicted molar refractivity (Wildman–Crippen MR) is 81.2 cm³/mol. The molecule has 1 amide bonds. The van der Waals surface area contributed by atoms with Crippen LogP contribution in [0.3, 0.4) is 0 Å². The number of carbonyl (C=O) groups is 2. The molecule has 0 saturated heterocycles. The average Bonchev–Trinajstić information content (AvgIpc) is 2.52. The third-order valence-corrected chi connectivity index (χ3v) is 3.20. The van der Waals surface area contributed by atoms with Gasteiger partial charge in [0.1, 0.15) is 12.9 Å². The van der Waals surface area contributed by atoms with E-state index in [0.717, 1.165) is 28.5 Å². The maximum absolute atomic E-state index is 11.1. The molecule has 0 atom stereocenters. The molecule has 21 heavy (non-hydrogen) atoms. The van der Waals surface area contributed by atoms with Gasteiger partial charge in [0, 0.05) is 12.6 Å². The fraction of sp³-hybridized carbons (Fsp3) is 0.176. The lowest BCUT2D eigenvalue weighted by Crippen LogP contribution is -2.18. The van der Waals surface area contributed by atoms with Gasteiger partial charge in [0.25, 0.3) is 0 Å². The number of alkyl carbamates (subject to hydrolysis) is 1. The summed E-state index contributed by atoms with van der Waals surface area (Å²) >= 11 is 0. The van der Waals surface area contributed by atoms with Crippen LogP contribution >= 0.6 is 0 Å². The summed E-state index contributed by atoms with van der Waals surface area (Å²) in [5.74, 6) is 0. The summed E-state index contributed by atoms with van der Waals surface area (Å²) in [5, 5.41) is 2.41. The number of rotatable bonds is 4. The van der Waals surface area contributed by atoms with E-state index in [1.165, 1.54) is 7.05 Å². The minimum absolute atomic E-state index is 0.221. The van der Waals surface area contributed by atoms with Crippen molar-refractivity contribution in [1.29, 1.82) is 0 Å². The summed E-state index contributed by atoms with van der Waals surface area (Å²) in [6, 6.07) is 13.4. The lowest BCUT2D eigenvalue weighted by molar-refractivity contribution is 0.112. The van der Waals surface area contributed by atoms with Crippen molar-refractivity contribution in [2.24, 2.45) is 0 Å². The van der Waals surface area contributed by atoms with Crippen molar-refractivity contribution < 1.29 is 14.3 Å². The van der Waals surface area contributed by atoms with Gasteiger partial charge in [-0.3, -0.25) is 4.79 Å². The Kier molecular flexibility index (Phi) is 4.72. The van der Waals surface area contributed by atoms with Gasteiger partial charge >= 0.3 is 6.09 Å². The van der Waals surface area contributed by atoms with Crippen molar-refractivity contribution >= 4 is 12.4 Å². The summed E-state index contributed by atoms with van der Waals surface area (Å²) in [4.78, 5) is 21.9. The number of aryl methyl sites for hydroxylation is 1. The lowest BCUT2D eigenvalue weighted by Gasteiger charge is -2.09. The Balaban J connectivity index is 2.24. The van der Waals surface area contributed by atoms with E-state index in [-0.39, 0.29) is 6.61 Å². The monoisotopic (exact) mass is 283 g/mol. The second-order valence-corrected chi connectivity index (χ2v) is 4.72. The number of ether oxygens (including phenoxy) is 1. The van der Waals surface area contributed by atoms with Crippen LogP contribution in [0.1, 0.15) is 21.5 Å². The highest BCUT2D eigenvalue weighted by Gasteiger charge is 2.05. The van der Waals surface area contributed by atoms with Crippen LogP contribution in [0.2, 0.25) is 0 Å². The maximum atomic E-state index is 11.1. The Morgan fingerprint density at radius 1 is 1.24 bits per heavy atom. The van der Waals surface area contributed by atoms with E-state index >= 15 is 0 Å². The van der Waals surface area contributed by atoms with Gasteiger partial charge in [-0.1, -0.05) is 30.3 Å². The van der Waals surface area contributed by atoms with Crippen molar-refractivity contribution in [3.8, 4) is 11.1 Å². The molecule has 0 saturated carbocycles. The second kappa shape index (κ2) is 6.70. The van der Waals surface area contributed by atoms with E-state index < -0.39 is 6.09 Å². The lowest BCUT2D eigenvalue weighted by atomic mass is 9.97. The van der Waals surface area contributed by atoms with Crippen LogP contribution in [-0.2, 0) is 11.3 Å². The molecule has 1 N–H and O–H groups in total. The number of aldehydes is 1. The van der Waals surface area contributed by atoms with Gasteiger partial charge in [0.05, 0.1) is 0 Å². The Morgan fingerprint density at radius 3 is 2.71 bits per heavy atom. The Bertz CT molecular complexity index is 665. The van der Waals surface area contributed by atoms with Gasteiger partial charge in [-0.2, -0.15) is 0 Å². The SMILES string of the molecule is CNC(=O)OCc1cccc(-c2ccc(C=O)cc2C)c1. The molecule has 4 heteroatoms. The molecular weight excluding hydrogens is 266 g/mol. The van der Waals surface area contributed by atoms with Crippen LogP contribution in [0.5, 0.6) is 0 Å². The predicted octanol–water partition coefficient (Wildman–Crippen LogP) is 3.33. The van der Waals surface area contributed by atoms with Gasteiger partial charge in [-0.15, -0.1) is 0 Å². The summed E-state index contributed by atoms with van der Waals surface area (Å²) < 4.78 is 5.04. The van der Waals surface area contributed by atoms with E-state index in [4.69, 9.17) is 4.74 Å². The molecule has 0 aliphatic carbocycles. The summed E-state index contributed by atoms with van der Waals surface area (Å²) in [6.45, 7) is 2.19.